The third kappa shape index (κ3) is 8.61. The fourth-order valence-electron chi connectivity index (χ4n) is 3.19. The molecular weight excluding hydrogens is 460 g/mol. The number of unbranched alkanes of at least 4 members (excludes halogenated alkanes) is 1. The maximum atomic E-state index is 12.6. The number of esters is 1. The highest BCUT2D eigenvalue weighted by molar-refractivity contribution is 8.00. The highest BCUT2D eigenvalue weighted by Gasteiger charge is 2.15. The molecule has 3 aromatic rings. The van der Waals surface area contributed by atoms with Gasteiger partial charge in [-0.2, -0.15) is 0 Å². The highest BCUT2D eigenvalue weighted by Crippen LogP contribution is 2.26. The largest absolute Gasteiger partial charge is 0.462 e. The van der Waals surface area contributed by atoms with E-state index in [9.17, 15) is 14.4 Å². The van der Waals surface area contributed by atoms with Gasteiger partial charge in [-0.1, -0.05) is 43.7 Å². The second-order valence-electron chi connectivity index (χ2n) is 8.05. The Morgan fingerprint density at radius 2 is 1.49 bits per heavy atom. The first-order valence-corrected chi connectivity index (χ1v) is 12.5. The van der Waals surface area contributed by atoms with Crippen molar-refractivity contribution in [2.45, 2.75) is 43.3 Å². The Balaban J connectivity index is 1.46. The predicted molar refractivity (Wildman–Crippen MR) is 141 cm³/mol. The molecule has 0 saturated carbocycles. The zero-order chi connectivity index (χ0) is 25.0. The summed E-state index contributed by atoms with van der Waals surface area (Å²) in [4.78, 5) is 37.8. The Labute approximate surface area is 210 Å². The van der Waals surface area contributed by atoms with Gasteiger partial charge in [0.05, 0.1) is 23.8 Å². The Morgan fingerprint density at radius 1 is 0.857 bits per heavy atom. The van der Waals surface area contributed by atoms with Gasteiger partial charge in [-0.25, -0.2) is 4.79 Å². The minimum atomic E-state index is -0.361. The van der Waals surface area contributed by atoms with Gasteiger partial charge in [0.2, 0.25) is 11.8 Å². The Morgan fingerprint density at radius 3 is 2.14 bits per heavy atom. The van der Waals surface area contributed by atoms with Crippen LogP contribution in [0.1, 0.15) is 42.6 Å². The van der Waals surface area contributed by atoms with Crippen molar-refractivity contribution in [1.29, 1.82) is 0 Å². The highest BCUT2D eigenvalue weighted by atomic mass is 32.2. The maximum absolute atomic E-state index is 12.6. The molecule has 0 aliphatic heterocycles. The lowest BCUT2D eigenvalue weighted by Crippen LogP contribution is -2.22. The van der Waals surface area contributed by atoms with Crippen molar-refractivity contribution >= 4 is 40.9 Å². The van der Waals surface area contributed by atoms with Gasteiger partial charge in [0.25, 0.3) is 0 Å². The molecule has 0 spiro atoms. The van der Waals surface area contributed by atoms with Gasteiger partial charge in [0.1, 0.15) is 0 Å². The quantitative estimate of drug-likeness (QED) is 0.197. The SMILES string of the molecule is CCCCOC(=O)c1ccc(NC(=O)C(C)Sc2ccc(NC(=O)Cc3ccccc3)cc2)cc1. The summed E-state index contributed by atoms with van der Waals surface area (Å²) in [6.45, 7) is 4.27. The lowest BCUT2D eigenvalue weighted by molar-refractivity contribution is -0.116. The number of thioether (sulfide) groups is 1. The fraction of sp³-hybridized carbons (Fsp3) is 0.250. The molecule has 0 saturated heterocycles. The molecule has 0 aromatic heterocycles. The number of benzene rings is 3. The summed E-state index contributed by atoms with van der Waals surface area (Å²) in [6.07, 6.45) is 2.11. The number of anilines is 2. The van der Waals surface area contributed by atoms with Crippen LogP contribution in [0.15, 0.2) is 83.8 Å². The maximum Gasteiger partial charge on any atom is 0.338 e. The van der Waals surface area contributed by atoms with E-state index in [1.165, 1.54) is 11.8 Å². The molecule has 0 aliphatic rings. The number of hydrogen-bond donors (Lipinski definition) is 2. The van der Waals surface area contributed by atoms with E-state index in [0.29, 0.717) is 30.0 Å². The summed E-state index contributed by atoms with van der Waals surface area (Å²) in [6, 6.07) is 23.7. The van der Waals surface area contributed by atoms with E-state index < -0.39 is 0 Å². The number of carbonyl (C=O) groups excluding carboxylic acids is 3. The minimum Gasteiger partial charge on any atom is -0.462 e. The van der Waals surface area contributed by atoms with Crippen molar-refractivity contribution in [3.63, 3.8) is 0 Å². The van der Waals surface area contributed by atoms with E-state index in [0.717, 1.165) is 23.3 Å². The van der Waals surface area contributed by atoms with Crippen molar-refractivity contribution in [2.75, 3.05) is 17.2 Å². The number of carbonyl (C=O) groups is 3. The third-order valence-electron chi connectivity index (χ3n) is 5.15. The van der Waals surface area contributed by atoms with Crippen LogP contribution in [-0.2, 0) is 20.7 Å². The summed E-state index contributed by atoms with van der Waals surface area (Å²) in [5, 5.41) is 5.42. The molecule has 182 valence electrons. The molecule has 0 aliphatic carbocycles. The van der Waals surface area contributed by atoms with Gasteiger partial charge in [0, 0.05) is 16.3 Å². The zero-order valence-electron chi connectivity index (χ0n) is 20.0. The standard InChI is InChI=1S/C28H30N2O4S/c1-3-4-18-34-28(33)22-10-12-24(13-11-22)30-27(32)20(2)35-25-16-14-23(15-17-25)29-26(31)19-21-8-6-5-7-9-21/h5-17,20H,3-4,18-19H2,1-2H3,(H,29,31)(H,30,32). The molecule has 0 fully saturated rings. The van der Waals surface area contributed by atoms with E-state index in [2.05, 4.69) is 10.6 Å². The van der Waals surface area contributed by atoms with Crippen LogP contribution in [0.5, 0.6) is 0 Å². The lowest BCUT2D eigenvalue weighted by Gasteiger charge is -2.13. The number of rotatable bonds is 11. The van der Waals surface area contributed by atoms with Crippen molar-refractivity contribution < 1.29 is 19.1 Å². The summed E-state index contributed by atoms with van der Waals surface area (Å²) in [7, 11) is 0. The Hall–Kier alpha value is -3.58. The summed E-state index contributed by atoms with van der Waals surface area (Å²) >= 11 is 1.42. The van der Waals surface area contributed by atoms with Gasteiger partial charge >= 0.3 is 5.97 Å². The molecule has 0 radical (unpaired) electrons. The molecule has 0 heterocycles. The molecule has 2 N–H and O–H groups in total. The molecule has 6 nitrogen and oxygen atoms in total. The molecular formula is C28H30N2O4S. The van der Waals surface area contributed by atoms with Gasteiger partial charge in [-0.05, 0) is 67.4 Å². The smallest absolute Gasteiger partial charge is 0.338 e. The van der Waals surface area contributed by atoms with Crippen molar-refractivity contribution in [1.82, 2.24) is 0 Å². The van der Waals surface area contributed by atoms with Gasteiger partial charge in [0.15, 0.2) is 0 Å². The molecule has 1 unspecified atom stereocenters. The van der Waals surface area contributed by atoms with Crippen molar-refractivity contribution in [3.8, 4) is 0 Å². The zero-order valence-corrected chi connectivity index (χ0v) is 20.8. The molecule has 35 heavy (non-hydrogen) atoms. The first-order chi connectivity index (χ1) is 16.9. The number of amides is 2. The van der Waals surface area contributed by atoms with Gasteiger partial charge in [-0.3, -0.25) is 9.59 Å². The normalized spacial score (nSPS) is 11.4. The van der Waals surface area contributed by atoms with Crippen LogP contribution < -0.4 is 10.6 Å². The first kappa shape index (κ1) is 26.0. The number of ether oxygens (including phenoxy) is 1. The van der Waals surface area contributed by atoms with E-state index >= 15 is 0 Å². The van der Waals surface area contributed by atoms with Crippen molar-refractivity contribution in [2.24, 2.45) is 0 Å². The Bertz CT molecular complexity index is 1120. The Kier molecular flexibility index (Phi) is 9.93. The topological polar surface area (TPSA) is 84.5 Å². The lowest BCUT2D eigenvalue weighted by atomic mass is 10.1. The minimum absolute atomic E-state index is 0.0791. The second-order valence-corrected chi connectivity index (χ2v) is 9.47. The average Bonchev–Trinajstić information content (AvgIpc) is 2.86. The number of hydrogen-bond acceptors (Lipinski definition) is 5. The third-order valence-corrected chi connectivity index (χ3v) is 6.26. The molecule has 7 heteroatoms. The predicted octanol–water partition coefficient (Wildman–Crippen LogP) is 5.94. The van der Waals surface area contributed by atoms with Crippen LogP contribution in [0.2, 0.25) is 0 Å². The fourth-order valence-corrected chi connectivity index (χ4v) is 4.05. The second kappa shape index (κ2) is 13.3. The summed E-state index contributed by atoms with van der Waals surface area (Å²) < 4.78 is 5.20. The average molecular weight is 491 g/mol. The van der Waals surface area contributed by atoms with Crippen LogP contribution in [0.25, 0.3) is 0 Å². The van der Waals surface area contributed by atoms with Gasteiger partial charge in [-0.15, -0.1) is 11.8 Å². The molecule has 2 amide bonds. The number of nitrogens with one attached hydrogen (secondary N) is 2. The monoisotopic (exact) mass is 490 g/mol. The molecule has 3 rings (SSSR count). The van der Waals surface area contributed by atoms with E-state index in [-0.39, 0.29) is 23.0 Å². The van der Waals surface area contributed by atoms with Crippen LogP contribution in [0, 0.1) is 0 Å². The van der Waals surface area contributed by atoms with Crippen molar-refractivity contribution in [3.05, 3.63) is 90.0 Å². The molecule has 0 bridgehead atoms. The van der Waals surface area contributed by atoms with Crippen LogP contribution in [0.3, 0.4) is 0 Å². The summed E-state index contributed by atoms with van der Waals surface area (Å²) in [5.41, 5.74) is 2.74. The molecule has 3 aromatic carbocycles. The summed E-state index contributed by atoms with van der Waals surface area (Å²) in [5.74, 6) is -0.585. The molecule has 1 atom stereocenters. The van der Waals surface area contributed by atoms with Crippen LogP contribution >= 0.6 is 11.8 Å². The van der Waals surface area contributed by atoms with Crippen LogP contribution in [0.4, 0.5) is 11.4 Å². The van der Waals surface area contributed by atoms with E-state index in [1.54, 1.807) is 24.3 Å². The van der Waals surface area contributed by atoms with Crippen LogP contribution in [-0.4, -0.2) is 29.6 Å². The first-order valence-electron chi connectivity index (χ1n) is 11.6. The van der Waals surface area contributed by atoms with E-state index in [4.69, 9.17) is 4.74 Å². The van der Waals surface area contributed by atoms with E-state index in [1.807, 2.05) is 68.4 Å². The van der Waals surface area contributed by atoms with Gasteiger partial charge < -0.3 is 15.4 Å².